The predicted octanol–water partition coefficient (Wildman–Crippen LogP) is 0.991. The van der Waals surface area contributed by atoms with E-state index in [-0.39, 0.29) is 29.3 Å². The second-order valence-electron chi connectivity index (χ2n) is 5.60. The van der Waals surface area contributed by atoms with Gasteiger partial charge in [0.1, 0.15) is 10.7 Å². The van der Waals surface area contributed by atoms with Gasteiger partial charge in [0.25, 0.3) is 0 Å². The standard InChI is InChI=1S/C13H20FN3O3S/c1-13(2,3)17-11(18)7-8-16-21(19,20)10-6-4-5-9(14)12(10)15/h4-6,16H,7-8,15H2,1-3H3,(H,17,18). The Labute approximate surface area is 124 Å². The van der Waals surface area contributed by atoms with E-state index in [1.807, 2.05) is 20.8 Å². The summed E-state index contributed by atoms with van der Waals surface area (Å²) in [6, 6.07) is 3.54. The van der Waals surface area contributed by atoms with Crippen molar-refractivity contribution in [1.82, 2.24) is 10.0 Å². The van der Waals surface area contributed by atoms with Crippen LogP contribution in [-0.2, 0) is 14.8 Å². The zero-order valence-electron chi connectivity index (χ0n) is 12.2. The molecule has 0 bridgehead atoms. The van der Waals surface area contributed by atoms with Crippen molar-refractivity contribution in [2.75, 3.05) is 12.3 Å². The maximum absolute atomic E-state index is 13.3. The topological polar surface area (TPSA) is 101 Å². The first-order valence-electron chi connectivity index (χ1n) is 6.37. The van der Waals surface area contributed by atoms with Crippen molar-refractivity contribution < 1.29 is 17.6 Å². The van der Waals surface area contributed by atoms with E-state index < -0.39 is 21.5 Å². The third kappa shape index (κ3) is 5.31. The van der Waals surface area contributed by atoms with E-state index in [0.29, 0.717) is 0 Å². The van der Waals surface area contributed by atoms with Crippen LogP contribution in [0, 0.1) is 5.82 Å². The molecule has 1 aromatic rings. The van der Waals surface area contributed by atoms with Gasteiger partial charge in [0.15, 0.2) is 0 Å². The Hall–Kier alpha value is -1.67. The number of sulfonamides is 1. The van der Waals surface area contributed by atoms with Crippen LogP contribution in [0.2, 0.25) is 0 Å². The van der Waals surface area contributed by atoms with Crippen molar-refractivity contribution >= 4 is 21.6 Å². The molecule has 21 heavy (non-hydrogen) atoms. The summed E-state index contributed by atoms with van der Waals surface area (Å²) in [7, 11) is -3.95. The fourth-order valence-electron chi connectivity index (χ4n) is 1.61. The molecule has 1 amide bonds. The maximum atomic E-state index is 13.3. The molecule has 4 N–H and O–H groups in total. The molecule has 0 aliphatic heterocycles. The number of nitrogen functional groups attached to an aromatic ring is 1. The summed E-state index contributed by atoms with van der Waals surface area (Å²) in [5.41, 5.74) is 4.58. The highest BCUT2D eigenvalue weighted by Gasteiger charge is 2.20. The smallest absolute Gasteiger partial charge is 0.242 e. The van der Waals surface area contributed by atoms with Gasteiger partial charge in [-0.05, 0) is 32.9 Å². The number of rotatable bonds is 5. The van der Waals surface area contributed by atoms with E-state index in [1.54, 1.807) is 0 Å². The fourth-order valence-corrected chi connectivity index (χ4v) is 2.78. The summed E-state index contributed by atoms with van der Waals surface area (Å²) < 4.78 is 39.5. The first kappa shape index (κ1) is 17.4. The molecule has 0 heterocycles. The minimum atomic E-state index is -3.95. The molecule has 0 saturated carbocycles. The van der Waals surface area contributed by atoms with Gasteiger partial charge in [-0.1, -0.05) is 6.07 Å². The highest BCUT2D eigenvalue weighted by Crippen LogP contribution is 2.20. The second kappa shape index (κ2) is 6.40. The first-order chi connectivity index (χ1) is 9.53. The van der Waals surface area contributed by atoms with Crippen molar-refractivity contribution in [2.24, 2.45) is 0 Å². The number of nitrogens with two attached hydrogens (primary N) is 1. The van der Waals surface area contributed by atoms with Crippen LogP contribution in [0.25, 0.3) is 0 Å². The van der Waals surface area contributed by atoms with Crippen LogP contribution in [0.3, 0.4) is 0 Å². The van der Waals surface area contributed by atoms with Crippen LogP contribution in [0.15, 0.2) is 23.1 Å². The molecule has 6 nitrogen and oxygen atoms in total. The minimum absolute atomic E-state index is 0.0221. The number of anilines is 1. The van der Waals surface area contributed by atoms with E-state index in [4.69, 9.17) is 5.73 Å². The summed E-state index contributed by atoms with van der Waals surface area (Å²) in [5, 5.41) is 2.71. The lowest BCUT2D eigenvalue weighted by molar-refractivity contribution is -0.122. The highest BCUT2D eigenvalue weighted by atomic mass is 32.2. The lowest BCUT2D eigenvalue weighted by Crippen LogP contribution is -2.42. The van der Waals surface area contributed by atoms with Gasteiger partial charge in [-0.3, -0.25) is 4.79 Å². The Balaban J connectivity index is 2.66. The summed E-state index contributed by atoms with van der Waals surface area (Å²) >= 11 is 0. The Kier molecular flexibility index (Phi) is 5.30. The molecule has 0 atom stereocenters. The molecule has 0 aromatic heterocycles. The Bertz CT molecular complexity index is 624. The van der Waals surface area contributed by atoms with Crippen molar-refractivity contribution in [1.29, 1.82) is 0 Å². The normalized spacial score (nSPS) is 12.2. The SMILES string of the molecule is CC(C)(C)NC(=O)CCNS(=O)(=O)c1cccc(F)c1N. The van der Waals surface area contributed by atoms with Gasteiger partial charge < -0.3 is 11.1 Å². The van der Waals surface area contributed by atoms with Crippen LogP contribution in [0.4, 0.5) is 10.1 Å². The second-order valence-corrected chi connectivity index (χ2v) is 7.33. The molecule has 0 unspecified atom stereocenters. The molecule has 0 spiro atoms. The molecule has 8 heteroatoms. The molecule has 0 aliphatic rings. The summed E-state index contributed by atoms with van der Waals surface area (Å²) in [5.74, 6) is -1.08. The zero-order chi connectivity index (χ0) is 16.3. The molecular formula is C13H20FN3O3S. The number of hydrogen-bond donors (Lipinski definition) is 3. The molecule has 1 aromatic carbocycles. The number of carbonyl (C=O) groups is 1. The third-order valence-corrected chi connectivity index (χ3v) is 3.98. The van der Waals surface area contributed by atoms with Crippen LogP contribution in [0.5, 0.6) is 0 Å². The number of hydrogen-bond acceptors (Lipinski definition) is 4. The highest BCUT2D eigenvalue weighted by molar-refractivity contribution is 7.89. The van der Waals surface area contributed by atoms with Crippen LogP contribution in [-0.4, -0.2) is 26.4 Å². The maximum Gasteiger partial charge on any atom is 0.242 e. The lowest BCUT2D eigenvalue weighted by atomic mass is 10.1. The Morgan fingerprint density at radius 3 is 2.52 bits per heavy atom. The van der Waals surface area contributed by atoms with E-state index in [0.717, 1.165) is 6.07 Å². The van der Waals surface area contributed by atoms with E-state index >= 15 is 0 Å². The van der Waals surface area contributed by atoms with Gasteiger partial charge in [-0.15, -0.1) is 0 Å². The van der Waals surface area contributed by atoms with Gasteiger partial charge in [-0.25, -0.2) is 17.5 Å². The van der Waals surface area contributed by atoms with Crippen LogP contribution in [0.1, 0.15) is 27.2 Å². The van der Waals surface area contributed by atoms with E-state index in [2.05, 4.69) is 10.0 Å². The molecule has 0 fully saturated rings. The average Bonchev–Trinajstić information content (AvgIpc) is 2.29. The zero-order valence-corrected chi connectivity index (χ0v) is 13.1. The number of amides is 1. The molecule has 0 saturated heterocycles. The average molecular weight is 317 g/mol. The largest absolute Gasteiger partial charge is 0.395 e. The Morgan fingerprint density at radius 2 is 1.95 bits per heavy atom. The quantitative estimate of drug-likeness (QED) is 0.705. The first-order valence-corrected chi connectivity index (χ1v) is 7.86. The summed E-state index contributed by atoms with van der Waals surface area (Å²) in [4.78, 5) is 11.2. The number of para-hydroxylation sites is 1. The number of halogens is 1. The van der Waals surface area contributed by atoms with Crippen LogP contribution >= 0.6 is 0 Å². The number of benzene rings is 1. The van der Waals surface area contributed by atoms with Gasteiger partial charge in [0.2, 0.25) is 15.9 Å². The monoisotopic (exact) mass is 317 g/mol. The summed E-state index contributed by atoms with van der Waals surface area (Å²) in [6.07, 6.45) is -0.0221. The fraction of sp³-hybridized carbons (Fsp3) is 0.462. The third-order valence-electron chi connectivity index (χ3n) is 2.46. The molecule has 0 aliphatic carbocycles. The molecule has 1 rings (SSSR count). The van der Waals surface area contributed by atoms with E-state index in [9.17, 15) is 17.6 Å². The number of nitrogens with one attached hydrogen (secondary N) is 2. The summed E-state index contributed by atoms with van der Waals surface area (Å²) in [6.45, 7) is 5.37. The molecule has 118 valence electrons. The van der Waals surface area contributed by atoms with Crippen LogP contribution < -0.4 is 15.8 Å². The van der Waals surface area contributed by atoms with Crippen molar-refractivity contribution in [2.45, 2.75) is 37.6 Å². The van der Waals surface area contributed by atoms with Crippen molar-refractivity contribution in [3.63, 3.8) is 0 Å². The van der Waals surface area contributed by atoms with E-state index in [1.165, 1.54) is 12.1 Å². The predicted molar refractivity (Wildman–Crippen MR) is 78.5 cm³/mol. The van der Waals surface area contributed by atoms with Crippen molar-refractivity contribution in [3.8, 4) is 0 Å². The lowest BCUT2D eigenvalue weighted by Gasteiger charge is -2.20. The molecule has 0 radical (unpaired) electrons. The van der Waals surface area contributed by atoms with Gasteiger partial charge in [-0.2, -0.15) is 0 Å². The Morgan fingerprint density at radius 1 is 1.33 bits per heavy atom. The number of carbonyl (C=O) groups excluding carboxylic acids is 1. The van der Waals surface area contributed by atoms with Gasteiger partial charge in [0, 0.05) is 18.5 Å². The van der Waals surface area contributed by atoms with Gasteiger partial charge in [0.05, 0.1) is 5.69 Å². The molecular weight excluding hydrogens is 297 g/mol. The van der Waals surface area contributed by atoms with Gasteiger partial charge >= 0.3 is 0 Å². The minimum Gasteiger partial charge on any atom is -0.395 e. The van der Waals surface area contributed by atoms with Crippen molar-refractivity contribution in [3.05, 3.63) is 24.0 Å².